The lowest BCUT2D eigenvalue weighted by atomic mass is 10.1. The zero-order valence-corrected chi connectivity index (χ0v) is 16.3. The maximum atomic E-state index is 14.0. The molecule has 2 aromatic heterocycles. The highest BCUT2D eigenvalue weighted by atomic mass is 19.1. The standard InChI is InChI=1S/C21H19F2N7/c1-12(16-9-8-15(22)10-17(16)23)24-20-25-13(2)26-21(28-20)27-19-11-18(29-30-19)14-6-4-3-5-7-14/h3-12H,1-2H3,(H3,24,25,26,27,28,29,30). The first-order chi connectivity index (χ1) is 14.5. The summed E-state index contributed by atoms with van der Waals surface area (Å²) in [4.78, 5) is 12.8. The van der Waals surface area contributed by atoms with E-state index in [9.17, 15) is 8.78 Å². The number of hydrogen-bond donors (Lipinski definition) is 3. The largest absolute Gasteiger partial charge is 0.347 e. The van der Waals surface area contributed by atoms with Crippen LogP contribution in [0.3, 0.4) is 0 Å². The zero-order valence-electron chi connectivity index (χ0n) is 16.3. The predicted octanol–water partition coefficient (Wildman–Crippen LogP) is 4.77. The van der Waals surface area contributed by atoms with Crippen LogP contribution < -0.4 is 10.6 Å². The number of nitrogens with zero attached hydrogens (tertiary/aromatic N) is 4. The van der Waals surface area contributed by atoms with E-state index in [4.69, 9.17) is 0 Å². The van der Waals surface area contributed by atoms with Crippen molar-refractivity contribution in [1.82, 2.24) is 25.1 Å². The number of anilines is 3. The molecule has 1 unspecified atom stereocenters. The Morgan fingerprint density at radius 3 is 2.47 bits per heavy atom. The lowest BCUT2D eigenvalue weighted by Gasteiger charge is -2.15. The van der Waals surface area contributed by atoms with Gasteiger partial charge in [-0.05, 0) is 25.5 Å². The molecule has 4 aromatic rings. The predicted molar refractivity (Wildman–Crippen MR) is 110 cm³/mol. The van der Waals surface area contributed by atoms with Crippen molar-refractivity contribution >= 4 is 17.7 Å². The number of rotatable bonds is 6. The summed E-state index contributed by atoms with van der Waals surface area (Å²) in [6.45, 7) is 3.46. The van der Waals surface area contributed by atoms with Gasteiger partial charge in [-0.3, -0.25) is 5.10 Å². The molecule has 0 aliphatic rings. The van der Waals surface area contributed by atoms with Gasteiger partial charge in [-0.15, -0.1) is 0 Å². The van der Waals surface area contributed by atoms with Crippen LogP contribution in [-0.2, 0) is 0 Å². The summed E-state index contributed by atoms with van der Waals surface area (Å²) in [6, 6.07) is 14.6. The van der Waals surface area contributed by atoms with E-state index in [1.54, 1.807) is 13.8 Å². The van der Waals surface area contributed by atoms with E-state index in [-0.39, 0.29) is 5.95 Å². The van der Waals surface area contributed by atoms with Gasteiger partial charge in [-0.2, -0.15) is 20.1 Å². The smallest absolute Gasteiger partial charge is 0.233 e. The fourth-order valence-corrected chi connectivity index (χ4v) is 2.99. The molecule has 1 atom stereocenters. The number of halogens is 2. The molecule has 3 N–H and O–H groups in total. The Labute approximate surface area is 171 Å². The van der Waals surface area contributed by atoms with Crippen molar-refractivity contribution in [1.29, 1.82) is 0 Å². The van der Waals surface area contributed by atoms with E-state index in [0.717, 1.165) is 17.3 Å². The van der Waals surface area contributed by atoms with E-state index in [1.807, 2.05) is 36.4 Å². The van der Waals surface area contributed by atoms with Crippen LogP contribution in [-0.4, -0.2) is 25.1 Å². The molecule has 2 aromatic carbocycles. The van der Waals surface area contributed by atoms with Gasteiger partial charge in [0.05, 0.1) is 11.7 Å². The highest BCUT2D eigenvalue weighted by molar-refractivity contribution is 5.64. The van der Waals surface area contributed by atoms with Gasteiger partial charge < -0.3 is 10.6 Å². The molecule has 7 nitrogen and oxygen atoms in total. The van der Waals surface area contributed by atoms with Crippen molar-refractivity contribution in [2.45, 2.75) is 19.9 Å². The monoisotopic (exact) mass is 407 g/mol. The second kappa shape index (κ2) is 8.24. The normalized spacial score (nSPS) is 11.9. The van der Waals surface area contributed by atoms with E-state index in [0.29, 0.717) is 23.2 Å². The molecule has 0 saturated heterocycles. The number of aryl methyl sites for hydroxylation is 1. The summed E-state index contributed by atoms with van der Waals surface area (Å²) in [7, 11) is 0. The molecule has 0 spiro atoms. The van der Waals surface area contributed by atoms with Gasteiger partial charge in [0, 0.05) is 17.7 Å². The minimum atomic E-state index is -0.635. The molecule has 0 radical (unpaired) electrons. The Hall–Kier alpha value is -3.88. The summed E-state index contributed by atoms with van der Waals surface area (Å²) in [5, 5.41) is 13.3. The van der Waals surface area contributed by atoms with E-state index < -0.39 is 17.7 Å². The molecule has 0 bridgehead atoms. The molecule has 0 aliphatic carbocycles. The first kappa shape index (κ1) is 19.4. The van der Waals surface area contributed by atoms with Crippen LogP contribution in [0.15, 0.2) is 54.6 Å². The molecule has 0 fully saturated rings. The minimum absolute atomic E-state index is 0.264. The Morgan fingerprint density at radius 1 is 0.933 bits per heavy atom. The molecular weight excluding hydrogens is 388 g/mol. The minimum Gasteiger partial charge on any atom is -0.347 e. The third-order valence-corrected chi connectivity index (χ3v) is 4.42. The van der Waals surface area contributed by atoms with Crippen molar-refractivity contribution in [3.63, 3.8) is 0 Å². The Morgan fingerprint density at radius 2 is 1.70 bits per heavy atom. The maximum Gasteiger partial charge on any atom is 0.233 e. The highest BCUT2D eigenvalue weighted by Gasteiger charge is 2.14. The van der Waals surface area contributed by atoms with Gasteiger partial charge in [-0.25, -0.2) is 8.78 Å². The molecule has 2 heterocycles. The number of aromatic amines is 1. The summed E-state index contributed by atoms with van der Waals surface area (Å²) in [5.74, 6) is 0.315. The van der Waals surface area contributed by atoms with Crippen LogP contribution in [0.2, 0.25) is 0 Å². The summed E-state index contributed by atoms with van der Waals surface area (Å²) < 4.78 is 27.2. The molecule has 0 aliphatic heterocycles. The van der Waals surface area contributed by atoms with Crippen LogP contribution in [0.5, 0.6) is 0 Å². The second-order valence-corrected chi connectivity index (χ2v) is 6.72. The molecule has 9 heteroatoms. The van der Waals surface area contributed by atoms with Gasteiger partial charge in [0.1, 0.15) is 17.5 Å². The molecule has 152 valence electrons. The fraction of sp³-hybridized carbons (Fsp3) is 0.143. The van der Waals surface area contributed by atoms with Gasteiger partial charge in [0.2, 0.25) is 11.9 Å². The average molecular weight is 407 g/mol. The number of aromatic nitrogens is 5. The molecule has 4 rings (SSSR count). The van der Waals surface area contributed by atoms with Crippen LogP contribution in [0.4, 0.5) is 26.5 Å². The van der Waals surface area contributed by atoms with Gasteiger partial charge in [0.25, 0.3) is 0 Å². The summed E-state index contributed by atoms with van der Waals surface area (Å²) in [6.07, 6.45) is 0. The van der Waals surface area contributed by atoms with Crippen LogP contribution in [0, 0.1) is 18.6 Å². The Bertz CT molecular complexity index is 1160. The average Bonchev–Trinajstić information content (AvgIpc) is 3.16. The summed E-state index contributed by atoms with van der Waals surface area (Å²) >= 11 is 0. The van der Waals surface area contributed by atoms with E-state index in [2.05, 4.69) is 35.8 Å². The Balaban J connectivity index is 1.51. The van der Waals surface area contributed by atoms with Crippen molar-refractivity contribution in [3.8, 4) is 11.3 Å². The van der Waals surface area contributed by atoms with Gasteiger partial charge >= 0.3 is 0 Å². The topological polar surface area (TPSA) is 91.4 Å². The van der Waals surface area contributed by atoms with E-state index in [1.165, 1.54) is 12.1 Å². The second-order valence-electron chi connectivity index (χ2n) is 6.72. The lowest BCUT2D eigenvalue weighted by Crippen LogP contribution is -2.13. The SMILES string of the molecule is Cc1nc(Nc2cc(-c3ccccc3)[nH]n2)nc(NC(C)c2ccc(F)cc2F)n1. The Kier molecular flexibility index (Phi) is 5.34. The van der Waals surface area contributed by atoms with Crippen molar-refractivity contribution < 1.29 is 8.78 Å². The van der Waals surface area contributed by atoms with Crippen molar-refractivity contribution in [3.05, 3.63) is 77.6 Å². The number of benzene rings is 2. The third kappa shape index (κ3) is 4.40. The quantitative estimate of drug-likeness (QED) is 0.427. The molecule has 30 heavy (non-hydrogen) atoms. The van der Waals surface area contributed by atoms with Crippen LogP contribution >= 0.6 is 0 Å². The maximum absolute atomic E-state index is 14.0. The number of H-pyrrole nitrogens is 1. The number of hydrogen-bond acceptors (Lipinski definition) is 6. The fourth-order valence-electron chi connectivity index (χ4n) is 2.99. The van der Waals surface area contributed by atoms with Crippen molar-refractivity contribution in [2.24, 2.45) is 0 Å². The van der Waals surface area contributed by atoms with E-state index >= 15 is 0 Å². The molecule has 0 saturated carbocycles. The van der Waals surface area contributed by atoms with Gasteiger partial charge in [0.15, 0.2) is 5.82 Å². The van der Waals surface area contributed by atoms with Crippen LogP contribution in [0.1, 0.15) is 24.4 Å². The van der Waals surface area contributed by atoms with Crippen molar-refractivity contribution in [2.75, 3.05) is 10.6 Å². The lowest BCUT2D eigenvalue weighted by molar-refractivity contribution is 0.566. The first-order valence-corrected chi connectivity index (χ1v) is 9.30. The first-order valence-electron chi connectivity index (χ1n) is 9.30. The molecule has 0 amide bonds. The highest BCUT2D eigenvalue weighted by Crippen LogP contribution is 2.23. The zero-order chi connectivity index (χ0) is 21.1. The third-order valence-electron chi connectivity index (χ3n) is 4.42. The summed E-state index contributed by atoms with van der Waals surface area (Å²) in [5.41, 5.74) is 2.16. The number of nitrogens with one attached hydrogen (secondary N) is 3. The molecular formula is C21H19F2N7. The van der Waals surface area contributed by atoms with Crippen LogP contribution in [0.25, 0.3) is 11.3 Å². The van der Waals surface area contributed by atoms with Gasteiger partial charge in [-0.1, -0.05) is 36.4 Å².